The van der Waals surface area contributed by atoms with E-state index in [1.807, 2.05) is 97.1 Å². The highest BCUT2D eigenvalue weighted by Crippen LogP contribution is 2.38. The molecule has 0 aliphatic rings. The first-order chi connectivity index (χ1) is 21.1. The second-order valence-electron chi connectivity index (χ2n) is 9.38. The van der Waals surface area contributed by atoms with Gasteiger partial charge in [0.25, 0.3) is 0 Å². The maximum Gasteiger partial charge on any atom is 0.188 e. The molecule has 0 saturated carbocycles. The SMILES string of the molecule is COCOc1ccc(C(OC(c2ccc(OCOC)cc2)c2ccc(OCOC)cc2)c2ccc(OCOC)cc2)cc1. The Morgan fingerprint density at radius 1 is 0.349 bits per heavy atom. The van der Waals surface area contributed by atoms with Crippen LogP contribution in [-0.2, 0) is 23.7 Å². The van der Waals surface area contributed by atoms with Crippen LogP contribution in [0.5, 0.6) is 23.0 Å². The molecule has 0 radical (unpaired) electrons. The van der Waals surface area contributed by atoms with E-state index in [9.17, 15) is 0 Å². The van der Waals surface area contributed by atoms with E-state index in [2.05, 4.69) is 0 Å². The van der Waals surface area contributed by atoms with Gasteiger partial charge in [-0.3, -0.25) is 0 Å². The summed E-state index contributed by atoms with van der Waals surface area (Å²) in [6, 6.07) is 31.2. The second kappa shape index (κ2) is 17.1. The van der Waals surface area contributed by atoms with Crippen LogP contribution in [0.2, 0.25) is 0 Å². The number of benzene rings is 4. The Kier molecular flexibility index (Phi) is 12.7. The predicted molar refractivity (Wildman–Crippen MR) is 161 cm³/mol. The van der Waals surface area contributed by atoms with E-state index in [0.29, 0.717) is 23.0 Å². The fourth-order valence-electron chi connectivity index (χ4n) is 4.30. The molecule has 0 aliphatic carbocycles. The Labute approximate surface area is 252 Å². The van der Waals surface area contributed by atoms with E-state index in [0.717, 1.165) is 22.3 Å². The van der Waals surface area contributed by atoms with Crippen LogP contribution >= 0.6 is 0 Å². The molecule has 0 aliphatic heterocycles. The lowest BCUT2D eigenvalue weighted by Crippen LogP contribution is -2.14. The highest BCUT2D eigenvalue weighted by atomic mass is 16.7. The zero-order valence-corrected chi connectivity index (χ0v) is 24.9. The van der Waals surface area contributed by atoms with Crippen molar-refractivity contribution in [3.05, 3.63) is 119 Å². The minimum Gasteiger partial charge on any atom is -0.468 e. The van der Waals surface area contributed by atoms with Gasteiger partial charge in [0.15, 0.2) is 27.2 Å². The average Bonchev–Trinajstić information content (AvgIpc) is 3.06. The molecule has 4 rings (SSSR count). The van der Waals surface area contributed by atoms with Crippen molar-refractivity contribution in [1.82, 2.24) is 0 Å². The third kappa shape index (κ3) is 9.44. The molecular weight excluding hydrogens is 552 g/mol. The van der Waals surface area contributed by atoms with E-state index < -0.39 is 12.2 Å². The van der Waals surface area contributed by atoms with E-state index in [1.165, 1.54) is 0 Å². The Balaban J connectivity index is 1.71. The van der Waals surface area contributed by atoms with Crippen molar-refractivity contribution in [2.45, 2.75) is 12.2 Å². The molecule has 0 fully saturated rings. The molecule has 4 aromatic carbocycles. The minimum atomic E-state index is -0.438. The van der Waals surface area contributed by atoms with Crippen molar-refractivity contribution < 1.29 is 42.6 Å². The first-order valence-corrected chi connectivity index (χ1v) is 13.7. The molecule has 0 aromatic heterocycles. The van der Waals surface area contributed by atoms with Crippen LogP contribution in [-0.4, -0.2) is 55.6 Å². The zero-order valence-electron chi connectivity index (χ0n) is 24.9. The lowest BCUT2D eigenvalue weighted by Gasteiger charge is -2.27. The largest absolute Gasteiger partial charge is 0.468 e. The Hall–Kier alpha value is -4.12. The molecule has 0 bridgehead atoms. The molecule has 0 spiro atoms. The number of ether oxygens (including phenoxy) is 9. The Bertz CT molecular complexity index is 1120. The summed E-state index contributed by atoms with van der Waals surface area (Å²) in [5.41, 5.74) is 3.78. The summed E-state index contributed by atoms with van der Waals surface area (Å²) in [5.74, 6) is 2.79. The van der Waals surface area contributed by atoms with Crippen molar-refractivity contribution in [3.63, 3.8) is 0 Å². The zero-order chi connectivity index (χ0) is 30.3. The second-order valence-corrected chi connectivity index (χ2v) is 9.38. The molecule has 0 N–H and O–H groups in total. The first-order valence-electron chi connectivity index (χ1n) is 13.7. The quantitative estimate of drug-likeness (QED) is 0.120. The van der Waals surface area contributed by atoms with Crippen LogP contribution in [0.3, 0.4) is 0 Å². The lowest BCUT2D eigenvalue weighted by molar-refractivity contribution is 0.0301. The third-order valence-electron chi connectivity index (χ3n) is 6.38. The summed E-state index contributed by atoms with van der Waals surface area (Å²) >= 11 is 0. The Morgan fingerprint density at radius 3 is 0.744 bits per heavy atom. The van der Waals surface area contributed by atoms with Gasteiger partial charge < -0.3 is 42.6 Å². The maximum atomic E-state index is 7.02. The fourth-order valence-corrected chi connectivity index (χ4v) is 4.30. The van der Waals surface area contributed by atoms with Gasteiger partial charge in [-0.15, -0.1) is 0 Å². The lowest BCUT2D eigenvalue weighted by atomic mass is 9.97. The van der Waals surface area contributed by atoms with E-state index >= 15 is 0 Å². The highest BCUT2D eigenvalue weighted by Gasteiger charge is 2.24. The highest BCUT2D eigenvalue weighted by molar-refractivity contribution is 5.40. The first kappa shape index (κ1) is 31.8. The molecule has 4 aromatic rings. The van der Waals surface area contributed by atoms with E-state index in [1.54, 1.807) is 28.4 Å². The molecule has 228 valence electrons. The number of rotatable bonds is 18. The molecule has 43 heavy (non-hydrogen) atoms. The normalized spacial score (nSPS) is 11.1. The van der Waals surface area contributed by atoms with Crippen molar-refractivity contribution in [3.8, 4) is 23.0 Å². The monoisotopic (exact) mass is 590 g/mol. The van der Waals surface area contributed by atoms with Crippen molar-refractivity contribution in [2.24, 2.45) is 0 Å². The Morgan fingerprint density at radius 2 is 0.558 bits per heavy atom. The summed E-state index contributed by atoms with van der Waals surface area (Å²) in [5, 5.41) is 0. The molecule has 0 amide bonds. The standard InChI is InChI=1S/C34H38O9/c1-35-21-39-29-13-5-25(6-14-29)33(26-7-15-30(16-8-26)40-22-36-2)43-34(27-9-17-31(18-10-27)41-23-37-3)28-11-19-32(20-12-28)42-24-38-4/h5-20,33-34H,21-24H2,1-4H3. The molecule has 9 heteroatoms. The van der Waals surface area contributed by atoms with Gasteiger partial charge in [-0.05, 0) is 70.8 Å². The molecule has 0 heterocycles. The number of hydrogen-bond donors (Lipinski definition) is 0. The van der Waals surface area contributed by atoms with Gasteiger partial charge in [0, 0.05) is 28.4 Å². The molecule has 0 atom stereocenters. The number of methoxy groups -OCH3 is 4. The molecule has 0 unspecified atom stereocenters. The van der Waals surface area contributed by atoms with Gasteiger partial charge in [-0.2, -0.15) is 0 Å². The summed E-state index contributed by atoms with van der Waals surface area (Å²) < 4.78 is 49.6. The van der Waals surface area contributed by atoms with Gasteiger partial charge in [0.1, 0.15) is 35.2 Å². The van der Waals surface area contributed by atoms with E-state index in [4.69, 9.17) is 42.6 Å². The summed E-state index contributed by atoms with van der Waals surface area (Å²) in [4.78, 5) is 0. The maximum absolute atomic E-state index is 7.02. The van der Waals surface area contributed by atoms with Crippen LogP contribution < -0.4 is 18.9 Å². The average molecular weight is 591 g/mol. The minimum absolute atomic E-state index is 0.165. The van der Waals surface area contributed by atoms with Gasteiger partial charge in [-0.1, -0.05) is 48.5 Å². The van der Waals surface area contributed by atoms with Crippen LogP contribution in [0, 0.1) is 0 Å². The van der Waals surface area contributed by atoms with Crippen molar-refractivity contribution in [2.75, 3.05) is 55.6 Å². The van der Waals surface area contributed by atoms with Gasteiger partial charge >= 0.3 is 0 Å². The van der Waals surface area contributed by atoms with Crippen LogP contribution in [0.15, 0.2) is 97.1 Å². The third-order valence-corrected chi connectivity index (χ3v) is 6.38. The summed E-state index contributed by atoms with van der Waals surface area (Å²) in [6.45, 7) is 0.661. The molecule has 9 nitrogen and oxygen atoms in total. The van der Waals surface area contributed by atoms with Crippen LogP contribution in [0.4, 0.5) is 0 Å². The summed E-state index contributed by atoms with van der Waals surface area (Å²) in [6.07, 6.45) is -0.876. The van der Waals surface area contributed by atoms with Crippen LogP contribution in [0.1, 0.15) is 34.5 Å². The van der Waals surface area contributed by atoms with Crippen molar-refractivity contribution in [1.29, 1.82) is 0 Å². The molecular formula is C34H38O9. The van der Waals surface area contributed by atoms with Gasteiger partial charge in [0.2, 0.25) is 0 Å². The van der Waals surface area contributed by atoms with Gasteiger partial charge in [0.05, 0.1) is 0 Å². The summed E-state index contributed by atoms with van der Waals surface area (Å²) in [7, 11) is 6.35. The predicted octanol–water partition coefficient (Wildman–Crippen LogP) is 6.51. The topological polar surface area (TPSA) is 83.1 Å². The van der Waals surface area contributed by atoms with E-state index in [-0.39, 0.29) is 27.2 Å². The van der Waals surface area contributed by atoms with Crippen molar-refractivity contribution >= 4 is 0 Å². The number of hydrogen-bond acceptors (Lipinski definition) is 9. The smallest absolute Gasteiger partial charge is 0.188 e. The van der Waals surface area contributed by atoms with Gasteiger partial charge in [-0.25, -0.2) is 0 Å². The van der Waals surface area contributed by atoms with Crippen LogP contribution in [0.25, 0.3) is 0 Å². The fraction of sp³-hybridized carbons (Fsp3) is 0.294. The molecule has 0 saturated heterocycles.